The average Bonchev–Trinajstić information content (AvgIpc) is 2.87. The predicted octanol–water partition coefficient (Wildman–Crippen LogP) is 3.63. The van der Waals surface area contributed by atoms with E-state index < -0.39 is 0 Å². The Morgan fingerprint density at radius 2 is 1.86 bits per heavy atom. The summed E-state index contributed by atoms with van der Waals surface area (Å²) in [6.07, 6.45) is 2.46. The van der Waals surface area contributed by atoms with E-state index in [0.717, 1.165) is 28.0 Å². The van der Waals surface area contributed by atoms with Crippen LogP contribution in [0.1, 0.15) is 11.1 Å². The molecule has 0 unspecified atom stereocenters. The summed E-state index contributed by atoms with van der Waals surface area (Å²) < 4.78 is 2.18. The van der Waals surface area contributed by atoms with Gasteiger partial charge in [0.05, 0.1) is 6.42 Å². The Morgan fingerprint density at radius 3 is 2.59 bits per heavy atom. The van der Waals surface area contributed by atoms with Gasteiger partial charge in [0.2, 0.25) is 5.91 Å². The van der Waals surface area contributed by atoms with Crippen LogP contribution in [0, 0.1) is 0 Å². The second-order valence-corrected chi connectivity index (χ2v) is 5.71. The molecule has 1 N–H and O–H groups in total. The van der Waals surface area contributed by atoms with Crippen LogP contribution < -0.4 is 5.32 Å². The van der Waals surface area contributed by atoms with E-state index in [2.05, 4.69) is 28.2 Å². The lowest BCUT2D eigenvalue weighted by Crippen LogP contribution is -2.19. The molecule has 0 bridgehead atoms. The molecule has 1 heterocycles. The summed E-state index contributed by atoms with van der Waals surface area (Å²) in [7, 11) is 1.66. The molecule has 1 aromatic heterocycles. The van der Waals surface area contributed by atoms with Crippen molar-refractivity contribution in [1.82, 2.24) is 9.88 Å². The molecule has 0 saturated carbocycles. The Kier molecular flexibility index (Phi) is 4.16. The molecule has 0 atom stereocenters. The molecule has 0 radical (unpaired) electrons. The zero-order valence-corrected chi connectivity index (χ0v) is 13.1. The smallest absolute Gasteiger partial charge is 0.224 e. The van der Waals surface area contributed by atoms with Gasteiger partial charge in [0.1, 0.15) is 0 Å². The van der Waals surface area contributed by atoms with Crippen LogP contribution in [-0.2, 0) is 17.8 Å². The van der Waals surface area contributed by atoms with Gasteiger partial charge in [-0.1, -0.05) is 41.9 Å². The highest BCUT2D eigenvalue weighted by molar-refractivity contribution is 6.30. The molecule has 0 aliphatic rings. The Balaban J connectivity index is 1.98. The molecule has 0 aliphatic carbocycles. The molecular weight excluding hydrogens is 296 g/mol. The molecular formula is C18H17ClN2O. The maximum atomic E-state index is 11.7. The van der Waals surface area contributed by atoms with Crippen molar-refractivity contribution in [1.29, 1.82) is 0 Å². The second-order valence-electron chi connectivity index (χ2n) is 5.28. The summed E-state index contributed by atoms with van der Waals surface area (Å²) in [5.41, 5.74) is 3.36. The van der Waals surface area contributed by atoms with Gasteiger partial charge < -0.3 is 9.88 Å². The van der Waals surface area contributed by atoms with Gasteiger partial charge >= 0.3 is 0 Å². The first-order chi connectivity index (χ1) is 10.7. The quantitative estimate of drug-likeness (QED) is 0.784. The number of halogens is 1. The monoisotopic (exact) mass is 312 g/mol. The van der Waals surface area contributed by atoms with E-state index in [1.165, 1.54) is 5.56 Å². The largest absolute Gasteiger partial charge is 0.359 e. The van der Waals surface area contributed by atoms with E-state index in [4.69, 9.17) is 11.6 Å². The standard InChI is InChI=1S/C18H17ClN2O/c1-20-18(22)10-14-12-21(17-5-3-2-4-16(14)17)11-13-6-8-15(19)9-7-13/h2-9,12H,10-11H2,1H3,(H,20,22). The Morgan fingerprint density at radius 1 is 1.14 bits per heavy atom. The summed E-state index contributed by atoms with van der Waals surface area (Å²) in [4.78, 5) is 11.7. The number of carbonyl (C=O) groups is 1. The summed E-state index contributed by atoms with van der Waals surface area (Å²) in [5, 5.41) is 4.54. The third kappa shape index (κ3) is 3.00. The number of likely N-dealkylation sites (N-methyl/N-ethyl adjacent to an activating group) is 1. The SMILES string of the molecule is CNC(=O)Cc1cn(Cc2ccc(Cl)cc2)c2ccccc12. The van der Waals surface area contributed by atoms with Crippen molar-refractivity contribution in [3.05, 3.63) is 70.9 Å². The number of carbonyl (C=O) groups excluding carboxylic acids is 1. The van der Waals surface area contributed by atoms with E-state index in [9.17, 15) is 4.79 Å². The maximum Gasteiger partial charge on any atom is 0.224 e. The first-order valence-corrected chi connectivity index (χ1v) is 7.57. The number of hydrogen-bond acceptors (Lipinski definition) is 1. The third-order valence-electron chi connectivity index (χ3n) is 3.77. The number of hydrogen-bond donors (Lipinski definition) is 1. The van der Waals surface area contributed by atoms with Crippen molar-refractivity contribution in [2.24, 2.45) is 0 Å². The molecule has 2 aromatic carbocycles. The number of para-hydroxylation sites is 1. The topological polar surface area (TPSA) is 34.0 Å². The van der Waals surface area contributed by atoms with Crippen LogP contribution in [0.2, 0.25) is 5.02 Å². The number of fused-ring (bicyclic) bond motifs is 1. The second kappa shape index (κ2) is 6.24. The van der Waals surface area contributed by atoms with E-state index in [1.807, 2.05) is 36.4 Å². The van der Waals surface area contributed by atoms with Gasteiger partial charge in [-0.25, -0.2) is 0 Å². The summed E-state index contributed by atoms with van der Waals surface area (Å²) in [6, 6.07) is 16.0. The lowest BCUT2D eigenvalue weighted by atomic mass is 10.1. The molecule has 0 fully saturated rings. The van der Waals surface area contributed by atoms with Gasteiger partial charge in [-0.05, 0) is 29.3 Å². The van der Waals surface area contributed by atoms with Crippen molar-refractivity contribution >= 4 is 28.4 Å². The molecule has 0 spiro atoms. The molecule has 3 rings (SSSR count). The molecule has 3 nitrogen and oxygen atoms in total. The van der Waals surface area contributed by atoms with Crippen LogP contribution in [0.5, 0.6) is 0 Å². The van der Waals surface area contributed by atoms with Crippen LogP contribution in [0.25, 0.3) is 10.9 Å². The van der Waals surface area contributed by atoms with Crippen LogP contribution in [-0.4, -0.2) is 17.5 Å². The minimum atomic E-state index is 0.0226. The Labute approximate surface area is 134 Å². The average molecular weight is 313 g/mol. The van der Waals surface area contributed by atoms with Gasteiger partial charge in [-0.3, -0.25) is 4.79 Å². The van der Waals surface area contributed by atoms with Crippen LogP contribution in [0.4, 0.5) is 0 Å². The van der Waals surface area contributed by atoms with Gasteiger partial charge in [0.15, 0.2) is 0 Å². The molecule has 0 aliphatic heterocycles. The normalized spacial score (nSPS) is 10.8. The van der Waals surface area contributed by atoms with E-state index in [-0.39, 0.29) is 5.91 Å². The zero-order valence-electron chi connectivity index (χ0n) is 12.3. The summed E-state index contributed by atoms with van der Waals surface area (Å²) in [6.45, 7) is 0.755. The van der Waals surface area contributed by atoms with Crippen molar-refractivity contribution in [3.63, 3.8) is 0 Å². The van der Waals surface area contributed by atoms with E-state index in [1.54, 1.807) is 7.05 Å². The van der Waals surface area contributed by atoms with Crippen molar-refractivity contribution in [2.45, 2.75) is 13.0 Å². The molecule has 112 valence electrons. The van der Waals surface area contributed by atoms with Crippen molar-refractivity contribution < 1.29 is 4.79 Å². The number of amides is 1. The van der Waals surface area contributed by atoms with Crippen LogP contribution in [0.15, 0.2) is 54.7 Å². The lowest BCUT2D eigenvalue weighted by Gasteiger charge is -2.05. The van der Waals surface area contributed by atoms with E-state index in [0.29, 0.717) is 6.42 Å². The predicted molar refractivity (Wildman–Crippen MR) is 90.3 cm³/mol. The zero-order chi connectivity index (χ0) is 15.5. The molecule has 4 heteroatoms. The Hall–Kier alpha value is -2.26. The van der Waals surface area contributed by atoms with Crippen LogP contribution in [0.3, 0.4) is 0 Å². The fourth-order valence-electron chi connectivity index (χ4n) is 2.64. The molecule has 0 saturated heterocycles. The number of nitrogens with zero attached hydrogens (tertiary/aromatic N) is 1. The van der Waals surface area contributed by atoms with Gasteiger partial charge in [0.25, 0.3) is 0 Å². The summed E-state index contributed by atoms with van der Waals surface area (Å²) in [5.74, 6) is 0.0226. The highest BCUT2D eigenvalue weighted by atomic mass is 35.5. The first-order valence-electron chi connectivity index (χ1n) is 7.19. The number of nitrogens with one attached hydrogen (secondary N) is 1. The third-order valence-corrected chi connectivity index (χ3v) is 4.02. The maximum absolute atomic E-state index is 11.7. The van der Waals surface area contributed by atoms with Crippen molar-refractivity contribution in [2.75, 3.05) is 7.05 Å². The van der Waals surface area contributed by atoms with Crippen molar-refractivity contribution in [3.8, 4) is 0 Å². The fourth-order valence-corrected chi connectivity index (χ4v) is 2.77. The minimum Gasteiger partial charge on any atom is -0.359 e. The van der Waals surface area contributed by atoms with Gasteiger partial charge in [-0.15, -0.1) is 0 Å². The van der Waals surface area contributed by atoms with E-state index >= 15 is 0 Å². The van der Waals surface area contributed by atoms with Gasteiger partial charge in [0, 0.05) is 35.7 Å². The summed E-state index contributed by atoms with van der Waals surface area (Å²) >= 11 is 5.94. The van der Waals surface area contributed by atoms with Crippen LogP contribution >= 0.6 is 11.6 Å². The fraction of sp³-hybridized carbons (Fsp3) is 0.167. The lowest BCUT2D eigenvalue weighted by molar-refractivity contribution is -0.119. The minimum absolute atomic E-state index is 0.0226. The number of rotatable bonds is 4. The molecule has 3 aromatic rings. The Bertz CT molecular complexity index is 806. The first kappa shape index (κ1) is 14.7. The highest BCUT2D eigenvalue weighted by Crippen LogP contribution is 2.23. The molecule has 1 amide bonds. The number of aromatic nitrogens is 1. The highest BCUT2D eigenvalue weighted by Gasteiger charge is 2.11. The molecule has 22 heavy (non-hydrogen) atoms. The van der Waals surface area contributed by atoms with Gasteiger partial charge in [-0.2, -0.15) is 0 Å². The number of benzene rings is 2.